The highest BCUT2D eigenvalue weighted by molar-refractivity contribution is 6.30. The summed E-state index contributed by atoms with van der Waals surface area (Å²) in [6.07, 6.45) is 1.23. The smallest absolute Gasteiger partial charge is 0.260 e. The Bertz CT molecular complexity index is 987. The minimum absolute atomic E-state index is 0.00420. The molecule has 4 rings (SSSR count). The van der Waals surface area contributed by atoms with Crippen molar-refractivity contribution in [2.24, 2.45) is 0 Å². The van der Waals surface area contributed by atoms with Gasteiger partial charge >= 0.3 is 0 Å². The molecule has 1 amide bonds. The van der Waals surface area contributed by atoms with Crippen molar-refractivity contribution in [3.8, 4) is 11.5 Å². The molecule has 0 bridgehead atoms. The first kappa shape index (κ1) is 17.7. The summed E-state index contributed by atoms with van der Waals surface area (Å²) in [4.78, 5) is 18.5. The van der Waals surface area contributed by atoms with Gasteiger partial charge in [-0.1, -0.05) is 35.8 Å². The van der Waals surface area contributed by atoms with Crippen molar-refractivity contribution in [1.82, 2.24) is 10.1 Å². The first-order chi connectivity index (χ1) is 13.0. The van der Waals surface area contributed by atoms with E-state index in [4.69, 9.17) is 16.1 Å². The lowest BCUT2D eigenvalue weighted by Crippen LogP contribution is -2.24. The number of rotatable bonds is 4. The summed E-state index contributed by atoms with van der Waals surface area (Å²) < 4.78 is 19.2. The van der Waals surface area contributed by atoms with Crippen LogP contribution in [0.4, 0.5) is 10.1 Å². The van der Waals surface area contributed by atoms with E-state index in [9.17, 15) is 9.18 Å². The minimum Gasteiger partial charge on any atom is -0.334 e. The Balaban J connectivity index is 1.56. The summed E-state index contributed by atoms with van der Waals surface area (Å²) in [6.45, 7) is 2.55. The van der Waals surface area contributed by atoms with E-state index in [1.165, 1.54) is 23.8 Å². The third-order valence-electron chi connectivity index (χ3n) is 4.75. The number of nitrogens with zero attached hydrogens (tertiary/aromatic N) is 3. The second-order valence-electron chi connectivity index (χ2n) is 6.51. The number of hydrogen-bond donors (Lipinski definition) is 0. The summed E-state index contributed by atoms with van der Waals surface area (Å²) >= 11 is 5.92. The van der Waals surface area contributed by atoms with Gasteiger partial charge in [0.05, 0.1) is 5.56 Å². The molecular formula is C20H17ClFN3O2. The van der Waals surface area contributed by atoms with E-state index in [1.807, 2.05) is 24.3 Å². The number of hydrogen-bond acceptors (Lipinski definition) is 4. The Morgan fingerprint density at radius 1 is 1.26 bits per heavy atom. The highest BCUT2D eigenvalue weighted by atomic mass is 35.5. The highest BCUT2D eigenvalue weighted by Gasteiger charge is 2.34. The maximum Gasteiger partial charge on any atom is 0.260 e. The largest absolute Gasteiger partial charge is 0.334 e. The molecule has 1 saturated heterocycles. The van der Waals surface area contributed by atoms with Crippen LogP contribution < -0.4 is 4.90 Å². The number of amides is 1. The Labute approximate surface area is 160 Å². The molecule has 3 aromatic rings. The van der Waals surface area contributed by atoms with Gasteiger partial charge in [0, 0.05) is 29.6 Å². The molecule has 0 aliphatic carbocycles. The Morgan fingerprint density at radius 3 is 2.78 bits per heavy atom. The molecule has 7 heteroatoms. The normalized spacial score (nSPS) is 16.9. The van der Waals surface area contributed by atoms with Crippen LogP contribution in [0.1, 0.15) is 30.7 Å². The highest BCUT2D eigenvalue weighted by Crippen LogP contribution is 2.32. The van der Waals surface area contributed by atoms with Crippen LogP contribution in [0.2, 0.25) is 5.02 Å². The molecular weight excluding hydrogens is 369 g/mol. The standard InChI is InChI=1S/C20H17ClFN3O2/c1-2-12-3-6-15(7-4-12)25-11-13(9-18(25)26)19-23-20(27-24-19)16-10-14(21)5-8-17(16)22/h3-8,10,13H,2,9,11H2,1H3. The average molecular weight is 386 g/mol. The summed E-state index contributed by atoms with van der Waals surface area (Å²) in [5.41, 5.74) is 2.22. The SMILES string of the molecule is CCc1ccc(N2CC(c3noc(-c4cc(Cl)ccc4F)n3)CC2=O)cc1. The van der Waals surface area contributed by atoms with E-state index < -0.39 is 5.82 Å². The van der Waals surface area contributed by atoms with Crippen molar-refractivity contribution in [3.05, 3.63) is 64.7 Å². The van der Waals surface area contributed by atoms with Crippen LogP contribution in [0.3, 0.4) is 0 Å². The van der Waals surface area contributed by atoms with Crippen LogP contribution in [-0.4, -0.2) is 22.6 Å². The van der Waals surface area contributed by atoms with E-state index in [0.717, 1.165) is 12.1 Å². The molecule has 138 valence electrons. The summed E-state index contributed by atoms with van der Waals surface area (Å²) in [6, 6.07) is 12.1. The number of benzene rings is 2. The third-order valence-corrected chi connectivity index (χ3v) is 4.98. The van der Waals surface area contributed by atoms with Gasteiger partial charge in [-0.3, -0.25) is 4.79 Å². The van der Waals surface area contributed by atoms with Crippen molar-refractivity contribution in [2.75, 3.05) is 11.4 Å². The Morgan fingerprint density at radius 2 is 2.04 bits per heavy atom. The molecule has 2 aromatic carbocycles. The fourth-order valence-corrected chi connectivity index (χ4v) is 3.39. The first-order valence-corrected chi connectivity index (χ1v) is 9.11. The first-order valence-electron chi connectivity index (χ1n) is 8.73. The van der Waals surface area contributed by atoms with Gasteiger partial charge in [-0.2, -0.15) is 4.98 Å². The van der Waals surface area contributed by atoms with Crippen LogP contribution in [-0.2, 0) is 11.2 Å². The number of aryl methyl sites for hydroxylation is 1. The lowest BCUT2D eigenvalue weighted by atomic mass is 10.1. The van der Waals surface area contributed by atoms with E-state index >= 15 is 0 Å². The number of aromatic nitrogens is 2. The molecule has 0 radical (unpaired) electrons. The number of carbonyl (C=O) groups is 1. The molecule has 5 nitrogen and oxygen atoms in total. The average Bonchev–Trinajstić information content (AvgIpc) is 3.31. The van der Waals surface area contributed by atoms with Crippen molar-refractivity contribution < 1.29 is 13.7 Å². The molecule has 1 aliphatic heterocycles. The maximum absolute atomic E-state index is 14.0. The van der Waals surface area contributed by atoms with Crippen molar-refractivity contribution >= 4 is 23.2 Å². The van der Waals surface area contributed by atoms with Crippen LogP contribution in [0.25, 0.3) is 11.5 Å². The second-order valence-corrected chi connectivity index (χ2v) is 6.94. The van der Waals surface area contributed by atoms with Gasteiger partial charge in [0.1, 0.15) is 5.82 Å². The van der Waals surface area contributed by atoms with Crippen molar-refractivity contribution in [3.63, 3.8) is 0 Å². The van der Waals surface area contributed by atoms with Gasteiger partial charge < -0.3 is 9.42 Å². The zero-order valence-corrected chi connectivity index (χ0v) is 15.4. The second kappa shape index (κ2) is 7.12. The molecule has 2 heterocycles. The van der Waals surface area contributed by atoms with Crippen LogP contribution >= 0.6 is 11.6 Å². The number of halogens is 2. The molecule has 0 saturated carbocycles. The minimum atomic E-state index is -0.491. The molecule has 0 spiro atoms. The van der Waals surface area contributed by atoms with Crippen LogP contribution in [0, 0.1) is 5.82 Å². The third kappa shape index (κ3) is 3.45. The molecule has 1 fully saturated rings. The molecule has 1 atom stereocenters. The summed E-state index contributed by atoms with van der Waals surface area (Å²) in [7, 11) is 0. The van der Waals surface area contributed by atoms with Gasteiger partial charge in [0.2, 0.25) is 5.91 Å². The fourth-order valence-electron chi connectivity index (χ4n) is 3.21. The quantitative estimate of drug-likeness (QED) is 0.658. The van der Waals surface area contributed by atoms with E-state index in [2.05, 4.69) is 17.1 Å². The Hall–Kier alpha value is -2.73. The maximum atomic E-state index is 14.0. The van der Waals surface area contributed by atoms with Gasteiger partial charge in [-0.15, -0.1) is 0 Å². The van der Waals surface area contributed by atoms with Crippen molar-refractivity contribution in [1.29, 1.82) is 0 Å². The van der Waals surface area contributed by atoms with Crippen LogP contribution in [0.5, 0.6) is 0 Å². The molecule has 27 heavy (non-hydrogen) atoms. The van der Waals surface area contributed by atoms with Gasteiger partial charge in [-0.05, 0) is 42.3 Å². The molecule has 1 aromatic heterocycles. The monoisotopic (exact) mass is 385 g/mol. The van der Waals surface area contributed by atoms with E-state index in [1.54, 1.807) is 4.90 Å². The van der Waals surface area contributed by atoms with E-state index in [0.29, 0.717) is 17.4 Å². The predicted octanol–water partition coefficient (Wildman–Crippen LogP) is 4.61. The lowest BCUT2D eigenvalue weighted by molar-refractivity contribution is -0.117. The van der Waals surface area contributed by atoms with Crippen molar-refractivity contribution in [2.45, 2.75) is 25.7 Å². The van der Waals surface area contributed by atoms with Gasteiger partial charge in [-0.25, -0.2) is 4.39 Å². The van der Waals surface area contributed by atoms with E-state index in [-0.39, 0.29) is 29.7 Å². The lowest BCUT2D eigenvalue weighted by Gasteiger charge is -2.16. The fraction of sp³-hybridized carbons (Fsp3) is 0.250. The molecule has 1 unspecified atom stereocenters. The number of carbonyl (C=O) groups excluding carboxylic acids is 1. The van der Waals surface area contributed by atoms with Gasteiger partial charge in [0.25, 0.3) is 5.89 Å². The Kier molecular flexibility index (Phi) is 4.66. The predicted molar refractivity (Wildman–Crippen MR) is 100 cm³/mol. The topological polar surface area (TPSA) is 59.2 Å². The molecule has 0 N–H and O–H groups in total. The zero-order chi connectivity index (χ0) is 19.0. The van der Waals surface area contributed by atoms with Crippen LogP contribution in [0.15, 0.2) is 47.0 Å². The number of anilines is 1. The summed E-state index contributed by atoms with van der Waals surface area (Å²) in [5.74, 6) is -0.240. The van der Waals surface area contributed by atoms with Gasteiger partial charge in [0.15, 0.2) is 5.82 Å². The molecule has 1 aliphatic rings. The zero-order valence-electron chi connectivity index (χ0n) is 14.7. The summed E-state index contributed by atoms with van der Waals surface area (Å²) in [5, 5.41) is 4.34.